The van der Waals surface area contributed by atoms with Gasteiger partial charge in [-0.25, -0.2) is 18.4 Å². The van der Waals surface area contributed by atoms with Crippen molar-refractivity contribution in [3.63, 3.8) is 0 Å². The second-order valence-electron chi connectivity index (χ2n) is 16.0. The van der Waals surface area contributed by atoms with Gasteiger partial charge in [0, 0.05) is 11.1 Å². The third kappa shape index (κ3) is 19.7. The molecule has 0 aromatic heterocycles. The van der Waals surface area contributed by atoms with Crippen LogP contribution in [0.4, 0.5) is 53.5 Å². The van der Waals surface area contributed by atoms with Gasteiger partial charge >= 0.3 is 24.7 Å². The Labute approximate surface area is 396 Å². The van der Waals surface area contributed by atoms with Crippen LogP contribution in [-0.4, -0.2) is 51.1 Å². The molecule has 0 saturated carbocycles. The predicted molar refractivity (Wildman–Crippen MR) is 240 cm³/mol. The SMILES string of the molecule is CCCCCCC(CCOC(=O)Oc1ccc(-c2ccc(OCC)cc2)c(F)c1F)C(F)(F)F.CCCCCCC(CCOC(=O)Oc1ccc(-c2ccc(OCCC)cc2)c(F)c1F)C(F)(F)F. The highest BCUT2D eigenvalue weighted by Crippen LogP contribution is 2.36. The topological polar surface area (TPSA) is 89.5 Å². The number of halogens is 10. The fourth-order valence-corrected chi connectivity index (χ4v) is 6.90. The number of benzene rings is 4. The van der Waals surface area contributed by atoms with Gasteiger partial charge < -0.3 is 28.4 Å². The van der Waals surface area contributed by atoms with Gasteiger partial charge in [-0.3, -0.25) is 0 Å². The van der Waals surface area contributed by atoms with E-state index in [1.54, 1.807) is 48.5 Å². The minimum atomic E-state index is -4.41. The van der Waals surface area contributed by atoms with Crippen molar-refractivity contribution < 1.29 is 81.9 Å². The average molecular weight is 991 g/mol. The van der Waals surface area contributed by atoms with E-state index in [9.17, 15) is 53.5 Å². The highest BCUT2D eigenvalue weighted by molar-refractivity contribution is 5.69. The van der Waals surface area contributed by atoms with Crippen LogP contribution < -0.4 is 18.9 Å². The number of alkyl halides is 6. The Bertz CT molecular complexity index is 2150. The van der Waals surface area contributed by atoms with E-state index < -0.39 is 97.3 Å². The summed E-state index contributed by atoms with van der Waals surface area (Å²) in [5.41, 5.74) is 0.654. The molecule has 18 heteroatoms. The summed E-state index contributed by atoms with van der Waals surface area (Å²) in [6, 6.07) is 17.3. The molecule has 0 bridgehead atoms. The lowest BCUT2D eigenvalue weighted by Gasteiger charge is -2.20. The molecule has 382 valence electrons. The van der Waals surface area contributed by atoms with Crippen LogP contribution in [0, 0.1) is 35.1 Å². The van der Waals surface area contributed by atoms with Gasteiger partial charge in [-0.15, -0.1) is 0 Å². The Morgan fingerprint density at radius 1 is 0.449 bits per heavy atom. The summed E-state index contributed by atoms with van der Waals surface area (Å²) in [4.78, 5) is 23.7. The second kappa shape index (κ2) is 29.4. The van der Waals surface area contributed by atoms with Crippen molar-refractivity contribution in [1.29, 1.82) is 0 Å². The molecule has 0 saturated heterocycles. The monoisotopic (exact) mass is 990 g/mol. The molecular weight excluding hydrogens is 931 g/mol. The maximum Gasteiger partial charge on any atom is 0.513 e. The van der Waals surface area contributed by atoms with Gasteiger partial charge in [0.25, 0.3) is 0 Å². The van der Waals surface area contributed by atoms with Crippen LogP contribution in [0.5, 0.6) is 23.0 Å². The maximum atomic E-state index is 14.6. The largest absolute Gasteiger partial charge is 0.513 e. The highest BCUT2D eigenvalue weighted by Gasteiger charge is 2.40. The van der Waals surface area contributed by atoms with E-state index in [1.807, 2.05) is 27.7 Å². The molecule has 2 atom stereocenters. The number of carbonyl (C=O) groups excluding carboxylic acids is 2. The second-order valence-corrected chi connectivity index (χ2v) is 16.0. The number of rotatable bonds is 25. The predicted octanol–water partition coefficient (Wildman–Crippen LogP) is 16.6. The van der Waals surface area contributed by atoms with Crippen molar-refractivity contribution in [3.8, 4) is 45.3 Å². The van der Waals surface area contributed by atoms with Crippen molar-refractivity contribution in [2.45, 2.75) is 124 Å². The van der Waals surface area contributed by atoms with E-state index in [4.69, 9.17) is 14.2 Å². The Balaban J connectivity index is 0.000000365. The van der Waals surface area contributed by atoms with E-state index in [-0.39, 0.29) is 24.0 Å². The molecule has 2 unspecified atom stereocenters. The first kappa shape index (κ1) is 57.6. The number of unbranched alkanes of at least 4 members (excludes halogenated alkanes) is 6. The quantitative estimate of drug-likeness (QED) is 0.0281. The fraction of sp³-hybridized carbons (Fsp3) is 0.490. The van der Waals surface area contributed by atoms with Crippen LogP contribution in [0.15, 0.2) is 72.8 Å². The molecule has 4 aromatic rings. The molecule has 0 aliphatic rings. The number of ether oxygens (including phenoxy) is 6. The summed E-state index contributed by atoms with van der Waals surface area (Å²) >= 11 is 0. The van der Waals surface area contributed by atoms with E-state index >= 15 is 0 Å². The first-order chi connectivity index (χ1) is 32.8. The Morgan fingerprint density at radius 2 is 0.841 bits per heavy atom. The summed E-state index contributed by atoms with van der Waals surface area (Å²) in [5, 5.41) is 0. The maximum absolute atomic E-state index is 14.6. The lowest BCUT2D eigenvalue weighted by molar-refractivity contribution is -0.181. The zero-order chi connectivity index (χ0) is 51.0. The summed E-state index contributed by atoms with van der Waals surface area (Å²) < 4.78 is 167. The molecule has 0 spiro atoms. The summed E-state index contributed by atoms with van der Waals surface area (Å²) in [6.07, 6.45) is -6.02. The van der Waals surface area contributed by atoms with Crippen molar-refractivity contribution in [3.05, 3.63) is 96.1 Å². The van der Waals surface area contributed by atoms with E-state index in [0.717, 1.165) is 44.2 Å². The Morgan fingerprint density at radius 3 is 1.19 bits per heavy atom. The lowest BCUT2D eigenvalue weighted by Crippen LogP contribution is -2.25. The van der Waals surface area contributed by atoms with E-state index in [0.29, 0.717) is 61.5 Å². The molecule has 8 nitrogen and oxygen atoms in total. The summed E-state index contributed by atoms with van der Waals surface area (Å²) in [7, 11) is 0. The first-order valence-corrected chi connectivity index (χ1v) is 23.1. The zero-order valence-corrected chi connectivity index (χ0v) is 39.1. The molecule has 4 aromatic carbocycles. The third-order valence-corrected chi connectivity index (χ3v) is 10.7. The molecule has 0 fully saturated rings. The standard InChI is InChI=1S/C26H31F5O4.C25H29F5O4/c1-3-5-6-7-8-19(26(29,30)31)15-17-34-25(32)35-22-14-13-21(23(27)24(22)28)18-9-11-20(12-10-18)33-16-4-2;1-3-5-6-7-8-18(25(28,29)30)15-16-33-24(31)34-21-14-13-20(22(26)23(21)27)17-9-11-19(12-10-17)32-4-2/h9-14,19H,3-8,15-17H2,1-2H3;9-14,18H,3-8,15-16H2,1-2H3. The van der Waals surface area contributed by atoms with Gasteiger partial charge in [0.15, 0.2) is 23.1 Å². The molecule has 0 N–H and O–H groups in total. The molecule has 0 aliphatic carbocycles. The van der Waals surface area contributed by atoms with Gasteiger partial charge in [-0.05, 0) is 98.7 Å². The van der Waals surface area contributed by atoms with E-state index in [2.05, 4.69) is 14.2 Å². The molecule has 0 heterocycles. The fourth-order valence-electron chi connectivity index (χ4n) is 6.90. The normalized spacial score (nSPS) is 12.3. The van der Waals surface area contributed by atoms with Gasteiger partial charge in [0.2, 0.25) is 11.6 Å². The summed E-state index contributed by atoms with van der Waals surface area (Å²) in [5.74, 6) is -8.78. The number of carbonyl (C=O) groups is 2. The van der Waals surface area contributed by atoms with Crippen molar-refractivity contribution in [2.24, 2.45) is 11.8 Å². The van der Waals surface area contributed by atoms with Crippen LogP contribution in [0.1, 0.15) is 111 Å². The van der Waals surface area contributed by atoms with Crippen LogP contribution in [0.2, 0.25) is 0 Å². The average Bonchev–Trinajstić information content (AvgIpc) is 3.30. The molecule has 0 aliphatic heterocycles. The van der Waals surface area contributed by atoms with Crippen LogP contribution in [0.3, 0.4) is 0 Å². The van der Waals surface area contributed by atoms with Crippen LogP contribution in [-0.2, 0) is 9.47 Å². The minimum Gasteiger partial charge on any atom is -0.494 e. The number of hydrogen-bond acceptors (Lipinski definition) is 8. The lowest BCUT2D eigenvalue weighted by atomic mass is 9.97. The van der Waals surface area contributed by atoms with Crippen LogP contribution >= 0.6 is 0 Å². The van der Waals surface area contributed by atoms with Gasteiger partial charge in [-0.1, -0.05) is 96.4 Å². The van der Waals surface area contributed by atoms with Crippen LogP contribution in [0.25, 0.3) is 22.3 Å². The van der Waals surface area contributed by atoms with Gasteiger partial charge in [0.05, 0.1) is 38.3 Å². The molecule has 0 radical (unpaired) electrons. The zero-order valence-electron chi connectivity index (χ0n) is 39.1. The van der Waals surface area contributed by atoms with Crippen molar-refractivity contribution >= 4 is 12.3 Å². The number of hydrogen-bond donors (Lipinski definition) is 0. The Kier molecular flexibility index (Phi) is 24.5. The van der Waals surface area contributed by atoms with Gasteiger partial charge in [0.1, 0.15) is 11.5 Å². The molecule has 4 rings (SSSR count). The van der Waals surface area contributed by atoms with Crippen molar-refractivity contribution in [2.75, 3.05) is 26.4 Å². The Hall–Kier alpha value is -5.68. The molecule has 69 heavy (non-hydrogen) atoms. The smallest absolute Gasteiger partial charge is 0.494 e. The van der Waals surface area contributed by atoms with E-state index in [1.165, 1.54) is 12.1 Å². The highest BCUT2D eigenvalue weighted by atomic mass is 19.4. The molecule has 0 amide bonds. The van der Waals surface area contributed by atoms with Gasteiger partial charge in [-0.2, -0.15) is 35.1 Å². The molecular formula is C51H60F10O8. The summed E-state index contributed by atoms with van der Waals surface area (Å²) in [6.45, 7) is 7.58. The third-order valence-electron chi connectivity index (χ3n) is 10.7. The van der Waals surface area contributed by atoms with Crippen molar-refractivity contribution in [1.82, 2.24) is 0 Å². The minimum absolute atomic E-state index is 0.0543. The first-order valence-electron chi connectivity index (χ1n) is 23.1.